The number of allylic oxidation sites excluding steroid dienone is 1. The normalized spacial score (nSPS) is 24.3. The number of rotatable bonds is 3. The molecule has 1 rings (SSSR count). The van der Waals surface area contributed by atoms with Gasteiger partial charge in [0.1, 0.15) is 0 Å². The summed E-state index contributed by atoms with van der Waals surface area (Å²) in [5, 5.41) is 9.62. The quantitative estimate of drug-likeness (QED) is 0.664. The Kier molecular flexibility index (Phi) is 4.51. The van der Waals surface area contributed by atoms with E-state index in [2.05, 4.69) is 19.9 Å². The summed E-state index contributed by atoms with van der Waals surface area (Å²) in [5.74, 6) is 0.716. The van der Waals surface area contributed by atoms with Crippen LogP contribution in [0, 0.1) is 5.92 Å². The summed E-state index contributed by atoms with van der Waals surface area (Å²) in [4.78, 5) is 0. The van der Waals surface area contributed by atoms with Crippen molar-refractivity contribution in [1.82, 2.24) is 0 Å². The molecule has 0 aliphatic heterocycles. The standard InChI is InChI=1S/C12H22O/c1-3-10(4-2)11-7-5-6-8-12(13)9-11/h9-10,12-13H,3-8H2,1-2H3. The highest BCUT2D eigenvalue weighted by atomic mass is 16.3. The minimum absolute atomic E-state index is 0.168. The lowest BCUT2D eigenvalue weighted by atomic mass is 9.90. The Morgan fingerprint density at radius 3 is 2.69 bits per heavy atom. The van der Waals surface area contributed by atoms with Crippen molar-refractivity contribution in [2.45, 2.75) is 58.5 Å². The van der Waals surface area contributed by atoms with Crippen LogP contribution in [0.1, 0.15) is 52.4 Å². The van der Waals surface area contributed by atoms with Crippen molar-refractivity contribution in [3.63, 3.8) is 0 Å². The molecule has 1 aliphatic carbocycles. The zero-order valence-corrected chi connectivity index (χ0v) is 8.92. The van der Waals surface area contributed by atoms with E-state index in [0.29, 0.717) is 5.92 Å². The van der Waals surface area contributed by atoms with Gasteiger partial charge in [0, 0.05) is 0 Å². The van der Waals surface area contributed by atoms with Gasteiger partial charge in [0.05, 0.1) is 6.10 Å². The molecule has 0 saturated carbocycles. The topological polar surface area (TPSA) is 20.2 Å². The highest BCUT2D eigenvalue weighted by Gasteiger charge is 2.14. The van der Waals surface area contributed by atoms with Gasteiger partial charge in [0.25, 0.3) is 0 Å². The molecule has 13 heavy (non-hydrogen) atoms. The third-order valence-corrected chi connectivity index (χ3v) is 3.13. The van der Waals surface area contributed by atoms with Crippen LogP contribution in [0.2, 0.25) is 0 Å². The summed E-state index contributed by atoms with van der Waals surface area (Å²) >= 11 is 0. The minimum atomic E-state index is -0.168. The number of aliphatic hydroxyl groups is 1. The van der Waals surface area contributed by atoms with Crippen LogP contribution in [0.4, 0.5) is 0 Å². The lowest BCUT2D eigenvalue weighted by Gasteiger charge is -2.16. The first-order valence-electron chi connectivity index (χ1n) is 5.66. The van der Waals surface area contributed by atoms with E-state index in [9.17, 15) is 5.11 Å². The molecule has 0 aromatic heterocycles. The molecule has 0 fully saturated rings. The number of hydrogen-bond acceptors (Lipinski definition) is 1. The highest BCUT2D eigenvalue weighted by molar-refractivity contribution is 5.10. The zero-order chi connectivity index (χ0) is 9.68. The molecule has 1 atom stereocenters. The molecule has 0 saturated heterocycles. The molecule has 1 aliphatic rings. The zero-order valence-electron chi connectivity index (χ0n) is 8.92. The first kappa shape index (κ1) is 10.8. The molecule has 76 valence electrons. The van der Waals surface area contributed by atoms with Crippen LogP contribution < -0.4 is 0 Å². The molecule has 0 spiro atoms. The maximum absolute atomic E-state index is 9.62. The molecule has 0 amide bonds. The lowest BCUT2D eigenvalue weighted by molar-refractivity contribution is 0.210. The van der Waals surface area contributed by atoms with E-state index in [0.717, 1.165) is 6.42 Å². The maximum atomic E-state index is 9.62. The molecule has 0 radical (unpaired) electrons. The van der Waals surface area contributed by atoms with Crippen LogP contribution >= 0.6 is 0 Å². The maximum Gasteiger partial charge on any atom is 0.0723 e. The molecule has 0 aromatic carbocycles. The summed E-state index contributed by atoms with van der Waals surface area (Å²) in [7, 11) is 0. The van der Waals surface area contributed by atoms with Gasteiger partial charge < -0.3 is 5.11 Å². The molecule has 1 heteroatoms. The second kappa shape index (κ2) is 5.43. The Hall–Kier alpha value is -0.300. The first-order valence-corrected chi connectivity index (χ1v) is 5.66. The van der Waals surface area contributed by atoms with Crippen LogP contribution in [0.25, 0.3) is 0 Å². The third kappa shape index (κ3) is 3.15. The lowest BCUT2D eigenvalue weighted by Crippen LogP contribution is -2.05. The Morgan fingerprint density at radius 1 is 1.38 bits per heavy atom. The molecule has 0 bridgehead atoms. The average molecular weight is 182 g/mol. The molecule has 1 unspecified atom stereocenters. The van der Waals surface area contributed by atoms with Gasteiger partial charge in [-0.1, -0.05) is 31.9 Å². The van der Waals surface area contributed by atoms with Crippen molar-refractivity contribution >= 4 is 0 Å². The Labute approximate surface area is 81.9 Å². The number of hydrogen-bond donors (Lipinski definition) is 1. The van der Waals surface area contributed by atoms with E-state index in [1.54, 1.807) is 0 Å². The molecule has 1 N–H and O–H groups in total. The molecule has 0 aromatic rings. The third-order valence-electron chi connectivity index (χ3n) is 3.13. The molecule has 0 heterocycles. The fourth-order valence-corrected chi connectivity index (χ4v) is 2.25. The fraction of sp³-hybridized carbons (Fsp3) is 0.833. The molecular formula is C12H22O. The van der Waals surface area contributed by atoms with Gasteiger partial charge in [-0.2, -0.15) is 0 Å². The SMILES string of the molecule is CCC(CC)C1=CC(O)CCCC1. The fourth-order valence-electron chi connectivity index (χ4n) is 2.25. The molecule has 1 nitrogen and oxygen atoms in total. The van der Waals surface area contributed by atoms with Crippen LogP contribution in [0.5, 0.6) is 0 Å². The summed E-state index contributed by atoms with van der Waals surface area (Å²) in [5.41, 5.74) is 1.51. The van der Waals surface area contributed by atoms with E-state index in [-0.39, 0.29) is 6.10 Å². The first-order chi connectivity index (χ1) is 6.27. The van der Waals surface area contributed by atoms with E-state index in [1.165, 1.54) is 37.7 Å². The van der Waals surface area contributed by atoms with Crippen molar-refractivity contribution in [2.24, 2.45) is 5.92 Å². The Bertz CT molecular complexity index is 168. The van der Waals surface area contributed by atoms with Crippen molar-refractivity contribution < 1.29 is 5.11 Å². The van der Waals surface area contributed by atoms with Gasteiger partial charge in [-0.05, 0) is 38.0 Å². The van der Waals surface area contributed by atoms with Crippen molar-refractivity contribution in [1.29, 1.82) is 0 Å². The van der Waals surface area contributed by atoms with Crippen molar-refractivity contribution in [3.8, 4) is 0 Å². The van der Waals surface area contributed by atoms with Crippen molar-refractivity contribution in [2.75, 3.05) is 0 Å². The smallest absolute Gasteiger partial charge is 0.0723 e. The van der Waals surface area contributed by atoms with Crippen molar-refractivity contribution in [3.05, 3.63) is 11.6 Å². The summed E-state index contributed by atoms with van der Waals surface area (Å²) < 4.78 is 0. The highest BCUT2D eigenvalue weighted by Crippen LogP contribution is 2.27. The second-order valence-corrected chi connectivity index (χ2v) is 4.07. The summed E-state index contributed by atoms with van der Waals surface area (Å²) in [6.07, 6.45) is 9.00. The van der Waals surface area contributed by atoms with E-state index < -0.39 is 0 Å². The van der Waals surface area contributed by atoms with E-state index in [1.807, 2.05) is 0 Å². The van der Waals surface area contributed by atoms with Gasteiger partial charge in [-0.25, -0.2) is 0 Å². The van der Waals surface area contributed by atoms with Gasteiger partial charge in [-0.15, -0.1) is 0 Å². The van der Waals surface area contributed by atoms with Gasteiger partial charge in [-0.3, -0.25) is 0 Å². The van der Waals surface area contributed by atoms with Crippen LogP contribution in [-0.2, 0) is 0 Å². The monoisotopic (exact) mass is 182 g/mol. The largest absolute Gasteiger partial charge is 0.389 e. The van der Waals surface area contributed by atoms with Gasteiger partial charge in [0.15, 0.2) is 0 Å². The van der Waals surface area contributed by atoms with Crippen LogP contribution in [-0.4, -0.2) is 11.2 Å². The van der Waals surface area contributed by atoms with Gasteiger partial charge >= 0.3 is 0 Å². The van der Waals surface area contributed by atoms with E-state index >= 15 is 0 Å². The average Bonchev–Trinajstić information content (AvgIpc) is 2.32. The van der Waals surface area contributed by atoms with E-state index in [4.69, 9.17) is 0 Å². The Morgan fingerprint density at radius 2 is 2.08 bits per heavy atom. The van der Waals surface area contributed by atoms with Gasteiger partial charge in [0.2, 0.25) is 0 Å². The number of aliphatic hydroxyl groups excluding tert-OH is 1. The Balaban J connectivity index is 2.63. The predicted molar refractivity (Wildman–Crippen MR) is 56.6 cm³/mol. The second-order valence-electron chi connectivity index (χ2n) is 4.07. The molecular weight excluding hydrogens is 160 g/mol. The van der Waals surface area contributed by atoms with Crippen LogP contribution in [0.15, 0.2) is 11.6 Å². The predicted octanol–water partition coefficient (Wildman–Crippen LogP) is 3.28. The summed E-state index contributed by atoms with van der Waals surface area (Å²) in [6.45, 7) is 4.48. The minimum Gasteiger partial charge on any atom is -0.389 e. The summed E-state index contributed by atoms with van der Waals surface area (Å²) in [6, 6.07) is 0. The van der Waals surface area contributed by atoms with Crippen LogP contribution in [0.3, 0.4) is 0 Å².